The van der Waals surface area contributed by atoms with Gasteiger partial charge in [-0.15, -0.1) is 0 Å². The minimum Gasteiger partial charge on any atom is -0.497 e. The number of hydrogen-bond donors (Lipinski definition) is 2. The Kier molecular flexibility index (Phi) is 9.01. The zero-order valence-electron chi connectivity index (χ0n) is 22.1. The average Bonchev–Trinajstić information content (AvgIpc) is 2.72. The van der Waals surface area contributed by atoms with Gasteiger partial charge in [-0.2, -0.15) is 0 Å². The number of carbonyl (C=O) groups is 2. The smallest absolute Gasteiger partial charge is 0.408 e. The highest BCUT2D eigenvalue weighted by molar-refractivity contribution is 7.92. The van der Waals surface area contributed by atoms with E-state index in [9.17, 15) is 18.0 Å². The Labute approximate surface area is 213 Å². The van der Waals surface area contributed by atoms with Gasteiger partial charge < -0.3 is 19.5 Å². The van der Waals surface area contributed by atoms with Gasteiger partial charge in [0.1, 0.15) is 23.0 Å². The molecule has 1 amide bonds. The number of nitrogens with one attached hydrogen (secondary N) is 2. The van der Waals surface area contributed by atoms with Crippen LogP contribution in [0.15, 0.2) is 47.4 Å². The number of rotatable bonds is 8. The summed E-state index contributed by atoms with van der Waals surface area (Å²) in [5.41, 5.74) is 0.126. The van der Waals surface area contributed by atoms with E-state index in [0.29, 0.717) is 17.0 Å². The highest BCUT2D eigenvalue weighted by Crippen LogP contribution is 2.23. The second-order valence-electron chi connectivity index (χ2n) is 10.4. The lowest BCUT2D eigenvalue weighted by atomic mass is 10.0. The van der Waals surface area contributed by atoms with Crippen molar-refractivity contribution < 1.29 is 32.2 Å². The van der Waals surface area contributed by atoms with Crippen LogP contribution in [0.4, 0.5) is 10.5 Å². The Morgan fingerprint density at radius 2 is 1.50 bits per heavy atom. The highest BCUT2D eigenvalue weighted by atomic mass is 32.2. The fourth-order valence-electron chi connectivity index (χ4n) is 3.14. The molecule has 0 aromatic heterocycles. The summed E-state index contributed by atoms with van der Waals surface area (Å²) in [6, 6.07) is 9.99. The van der Waals surface area contributed by atoms with E-state index in [1.54, 1.807) is 78.8 Å². The Balaban J connectivity index is 2.33. The summed E-state index contributed by atoms with van der Waals surface area (Å²) in [6.45, 7) is 12.1. The van der Waals surface area contributed by atoms with Crippen LogP contribution in [0.3, 0.4) is 0 Å². The second kappa shape index (κ2) is 11.2. The third-order valence-corrected chi connectivity index (χ3v) is 6.16. The number of amides is 1. The molecule has 0 aliphatic carbocycles. The zero-order valence-corrected chi connectivity index (χ0v) is 22.9. The molecule has 0 bridgehead atoms. The molecule has 2 aromatic rings. The first-order valence-corrected chi connectivity index (χ1v) is 13.0. The number of carbonyl (C=O) groups excluding carboxylic acids is 2. The van der Waals surface area contributed by atoms with E-state index < -0.39 is 39.3 Å². The number of anilines is 1. The molecule has 198 valence electrons. The molecule has 2 rings (SSSR count). The molecule has 9 nitrogen and oxygen atoms in total. The summed E-state index contributed by atoms with van der Waals surface area (Å²) in [4.78, 5) is 25.4. The van der Waals surface area contributed by atoms with Crippen LogP contribution in [0.25, 0.3) is 0 Å². The molecule has 0 fully saturated rings. The van der Waals surface area contributed by atoms with Gasteiger partial charge in [0.2, 0.25) is 0 Å². The standard InChI is InChI=1S/C26H36N2O7S/c1-17-9-14-21(36(31,32)28-19-10-12-20(33-8)13-11-19)15-18(17)16-22(23(29)34-25(2,3)4)27-24(30)35-26(5,6)7/h9-15,22,28H,16H2,1-8H3,(H,27,30)/t22-/m0/s1. The Bertz CT molecular complexity index is 1180. The number of alkyl carbamates (subject to hydrolysis) is 1. The van der Waals surface area contributed by atoms with Crippen LogP contribution in [-0.4, -0.2) is 44.8 Å². The predicted octanol–water partition coefficient (Wildman–Crippen LogP) is 4.58. The number of esters is 1. The van der Waals surface area contributed by atoms with Crippen molar-refractivity contribution in [2.75, 3.05) is 11.8 Å². The molecular weight excluding hydrogens is 484 g/mol. The SMILES string of the molecule is COc1ccc(NS(=O)(=O)c2ccc(C)c(C[C@H](NC(=O)OC(C)(C)C)C(=O)OC(C)(C)C)c2)cc1. The lowest BCUT2D eigenvalue weighted by Gasteiger charge is -2.26. The monoisotopic (exact) mass is 520 g/mol. The summed E-state index contributed by atoms with van der Waals surface area (Å²) in [6.07, 6.45) is -0.771. The van der Waals surface area contributed by atoms with Crippen LogP contribution < -0.4 is 14.8 Å². The molecule has 36 heavy (non-hydrogen) atoms. The summed E-state index contributed by atoms with van der Waals surface area (Å²) in [5.74, 6) is -0.0568. The highest BCUT2D eigenvalue weighted by Gasteiger charge is 2.30. The molecule has 0 saturated heterocycles. The summed E-state index contributed by atoms with van der Waals surface area (Å²) in [7, 11) is -2.40. The van der Waals surface area contributed by atoms with E-state index in [-0.39, 0.29) is 11.3 Å². The number of methoxy groups -OCH3 is 1. The van der Waals surface area contributed by atoms with Crippen molar-refractivity contribution >= 4 is 27.8 Å². The van der Waals surface area contributed by atoms with Gasteiger partial charge in [-0.25, -0.2) is 18.0 Å². The zero-order chi connectivity index (χ0) is 27.3. The lowest BCUT2D eigenvalue weighted by Crippen LogP contribution is -2.47. The average molecular weight is 521 g/mol. The molecule has 0 unspecified atom stereocenters. The molecule has 0 heterocycles. The lowest BCUT2D eigenvalue weighted by molar-refractivity contribution is -0.157. The van der Waals surface area contributed by atoms with E-state index >= 15 is 0 Å². The van der Waals surface area contributed by atoms with Gasteiger partial charge in [0.25, 0.3) is 10.0 Å². The van der Waals surface area contributed by atoms with Gasteiger partial charge in [-0.05, 0) is 96.0 Å². The van der Waals surface area contributed by atoms with Crippen molar-refractivity contribution in [3.8, 4) is 5.75 Å². The van der Waals surface area contributed by atoms with Gasteiger partial charge >= 0.3 is 12.1 Å². The molecule has 1 atom stereocenters. The Hall–Kier alpha value is -3.27. The van der Waals surface area contributed by atoms with Crippen LogP contribution >= 0.6 is 0 Å². The van der Waals surface area contributed by atoms with Crippen LogP contribution in [0.2, 0.25) is 0 Å². The van der Waals surface area contributed by atoms with Crippen LogP contribution in [0.1, 0.15) is 52.7 Å². The maximum atomic E-state index is 13.0. The number of hydrogen-bond acceptors (Lipinski definition) is 7. The summed E-state index contributed by atoms with van der Waals surface area (Å²) < 4.78 is 44.5. The number of benzene rings is 2. The number of sulfonamides is 1. The Morgan fingerprint density at radius 3 is 2.03 bits per heavy atom. The first-order valence-electron chi connectivity index (χ1n) is 11.5. The molecule has 2 N–H and O–H groups in total. The largest absolute Gasteiger partial charge is 0.497 e. The van der Waals surface area contributed by atoms with Gasteiger partial charge in [-0.3, -0.25) is 4.72 Å². The van der Waals surface area contributed by atoms with Crippen LogP contribution in [-0.2, 0) is 30.7 Å². The van der Waals surface area contributed by atoms with Gasteiger partial charge in [-0.1, -0.05) is 6.07 Å². The van der Waals surface area contributed by atoms with Gasteiger partial charge in [0.15, 0.2) is 0 Å². The fourth-order valence-corrected chi connectivity index (χ4v) is 4.25. The fraction of sp³-hybridized carbons (Fsp3) is 0.462. The Morgan fingerprint density at radius 1 is 0.917 bits per heavy atom. The normalized spacial score (nSPS) is 12.9. The molecule has 0 radical (unpaired) electrons. The van der Waals surface area contributed by atoms with Gasteiger partial charge in [0.05, 0.1) is 12.0 Å². The summed E-state index contributed by atoms with van der Waals surface area (Å²) in [5, 5.41) is 2.57. The van der Waals surface area contributed by atoms with E-state index in [2.05, 4.69) is 10.0 Å². The molecule has 0 spiro atoms. The minimum atomic E-state index is -3.92. The van der Waals surface area contributed by atoms with E-state index in [4.69, 9.17) is 14.2 Å². The second-order valence-corrected chi connectivity index (χ2v) is 12.0. The first kappa shape index (κ1) is 29.0. The van der Waals surface area contributed by atoms with E-state index in [1.165, 1.54) is 19.2 Å². The van der Waals surface area contributed by atoms with Gasteiger partial charge in [0, 0.05) is 12.1 Å². The third-order valence-electron chi connectivity index (χ3n) is 4.78. The van der Waals surface area contributed by atoms with Crippen molar-refractivity contribution in [3.05, 3.63) is 53.6 Å². The summed E-state index contributed by atoms with van der Waals surface area (Å²) >= 11 is 0. The van der Waals surface area contributed by atoms with E-state index in [1.807, 2.05) is 0 Å². The van der Waals surface area contributed by atoms with Crippen molar-refractivity contribution in [2.24, 2.45) is 0 Å². The predicted molar refractivity (Wildman–Crippen MR) is 138 cm³/mol. The molecule has 0 saturated carbocycles. The van der Waals surface area contributed by atoms with Crippen molar-refractivity contribution in [3.63, 3.8) is 0 Å². The topological polar surface area (TPSA) is 120 Å². The molecule has 10 heteroatoms. The molecule has 0 aliphatic rings. The molecule has 0 aliphatic heterocycles. The van der Waals surface area contributed by atoms with Crippen LogP contribution in [0.5, 0.6) is 5.75 Å². The molecule has 2 aromatic carbocycles. The molecular formula is C26H36N2O7S. The number of aryl methyl sites for hydroxylation is 1. The van der Waals surface area contributed by atoms with E-state index in [0.717, 1.165) is 5.56 Å². The van der Waals surface area contributed by atoms with Crippen molar-refractivity contribution in [1.82, 2.24) is 5.32 Å². The maximum Gasteiger partial charge on any atom is 0.408 e. The third kappa shape index (κ3) is 9.07. The minimum absolute atomic E-state index is 0.00584. The maximum absolute atomic E-state index is 13.0. The first-order chi connectivity index (χ1) is 16.5. The van der Waals surface area contributed by atoms with Crippen molar-refractivity contribution in [2.45, 2.75) is 77.0 Å². The quantitative estimate of drug-likeness (QED) is 0.489. The number of ether oxygens (including phenoxy) is 3. The van der Waals surface area contributed by atoms with Crippen LogP contribution in [0, 0.1) is 6.92 Å². The van der Waals surface area contributed by atoms with Crippen molar-refractivity contribution in [1.29, 1.82) is 0 Å².